The average Bonchev–Trinajstić information content (AvgIpc) is 3.64. The van der Waals surface area contributed by atoms with Crippen molar-refractivity contribution in [1.29, 1.82) is 0 Å². The van der Waals surface area contributed by atoms with E-state index in [2.05, 4.69) is 205 Å². The van der Waals surface area contributed by atoms with Crippen molar-refractivity contribution in [3.8, 4) is 61.8 Å². The van der Waals surface area contributed by atoms with Gasteiger partial charge in [0.1, 0.15) is 0 Å². The third-order valence-corrected chi connectivity index (χ3v) is 11.2. The average molecular weight is 726 g/mol. The van der Waals surface area contributed by atoms with Gasteiger partial charge in [-0.25, -0.2) is 9.97 Å². The molecule has 3 heteroatoms. The predicted octanol–water partition coefficient (Wildman–Crippen LogP) is 14.2. The van der Waals surface area contributed by atoms with Gasteiger partial charge in [0.25, 0.3) is 0 Å². The Bertz CT molecular complexity index is 3070. The molecule has 0 aliphatic carbocycles. The lowest BCUT2D eigenvalue weighted by molar-refractivity contribution is 1.16. The molecule has 0 bridgehead atoms. The van der Waals surface area contributed by atoms with Crippen LogP contribution in [0.1, 0.15) is 0 Å². The van der Waals surface area contributed by atoms with Crippen molar-refractivity contribution in [3.63, 3.8) is 0 Å². The van der Waals surface area contributed by atoms with Crippen LogP contribution < -0.4 is 0 Å². The third kappa shape index (κ3) is 5.60. The first-order valence-corrected chi connectivity index (χ1v) is 19.4. The maximum atomic E-state index is 5.22. The van der Waals surface area contributed by atoms with Gasteiger partial charge in [-0.05, 0) is 74.1 Å². The van der Waals surface area contributed by atoms with Crippen molar-refractivity contribution in [2.24, 2.45) is 0 Å². The van der Waals surface area contributed by atoms with E-state index in [-0.39, 0.29) is 0 Å². The number of benzene rings is 9. The predicted molar refractivity (Wildman–Crippen MR) is 239 cm³/mol. The molecule has 0 atom stereocenters. The summed E-state index contributed by atoms with van der Waals surface area (Å²) < 4.78 is 2.46. The molecular weight excluding hydrogens is 691 g/mol. The molecule has 11 rings (SSSR count). The lowest BCUT2D eigenvalue weighted by atomic mass is 9.92. The Morgan fingerprint density at radius 2 is 0.684 bits per heavy atom. The zero-order valence-electron chi connectivity index (χ0n) is 31.0. The van der Waals surface area contributed by atoms with Crippen molar-refractivity contribution in [1.82, 2.24) is 14.5 Å². The number of aromatic nitrogens is 3. The number of fused-ring (bicyclic) bond motifs is 7. The minimum Gasteiger partial charge on any atom is -0.309 e. The van der Waals surface area contributed by atoms with Crippen LogP contribution in [-0.4, -0.2) is 14.5 Å². The van der Waals surface area contributed by atoms with Crippen LogP contribution in [0.2, 0.25) is 0 Å². The van der Waals surface area contributed by atoms with Crippen LogP contribution in [0.25, 0.3) is 105 Å². The quantitative estimate of drug-likeness (QED) is 0.171. The highest BCUT2D eigenvalue weighted by Gasteiger charge is 2.22. The molecule has 0 spiro atoms. The SMILES string of the molecule is c1ccc(-c2cc(-c3ccccc3)nc(-c3cccc(-n4c5cc(-c6ccccc6)c6ccccc6c5c5c6ccccc6c(-c6ccccc6)cc54)c3)n2)cc1. The van der Waals surface area contributed by atoms with Crippen molar-refractivity contribution in [2.45, 2.75) is 0 Å². The number of nitrogens with zero attached hydrogens (tertiary/aromatic N) is 3. The second kappa shape index (κ2) is 13.6. The number of hydrogen-bond acceptors (Lipinski definition) is 2. The van der Waals surface area contributed by atoms with Crippen LogP contribution in [0.5, 0.6) is 0 Å². The van der Waals surface area contributed by atoms with E-state index in [1.54, 1.807) is 0 Å². The lowest BCUT2D eigenvalue weighted by Crippen LogP contribution is -1.98. The molecule has 57 heavy (non-hydrogen) atoms. The molecular formula is C54H35N3. The second-order valence-corrected chi connectivity index (χ2v) is 14.5. The van der Waals surface area contributed by atoms with Crippen LogP contribution in [0, 0.1) is 0 Å². The van der Waals surface area contributed by atoms with E-state index in [0.29, 0.717) is 5.82 Å². The topological polar surface area (TPSA) is 30.7 Å². The van der Waals surface area contributed by atoms with Gasteiger partial charge in [0.05, 0.1) is 22.4 Å². The van der Waals surface area contributed by atoms with Gasteiger partial charge in [0, 0.05) is 33.2 Å². The van der Waals surface area contributed by atoms with Crippen LogP contribution >= 0.6 is 0 Å². The molecule has 0 N–H and O–H groups in total. The van der Waals surface area contributed by atoms with Crippen LogP contribution in [0.4, 0.5) is 0 Å². The normalized spacial score (nSPS) is 11.5. The molecule has 11 aromatic rings. The van der Waals surface area contributed by atoms with Crippen molar-refractivity contribution < 1.29 is 0 Å². The molecule has 0 fully saturated rings. The molecule has 3 nitrogen and oxygen atoms in total. The van der Waals surface area contributed by atoms with E-state index in [1.807, 2.05) is 12.1 Å². The monoisotopic (exact) mass is 725 g/mol. The van der Waals surface area contributed by atoms with Crippen molar-refractivity contribution >= 4 is 43.4 Å². The maximum Gasteiger partial charge on any atom is 0.160 e. The Hall–Kier alpha value is -7.62. The van der Waals surface area contributed by atoms with Crippen molar-refractivity contribution in [2.75, 3.05) is 0 Å². The highest BCUT2D eigenvalue weighted by Crippen LogP contribution is 2.46. The van der Waals surface area contributed by atoms with Crippen molar-refractivity contribution in [3.05, 3.63) is 212 Å². The van der Waals surface area contributed by atoms with Crippen LogP contribution in [-0.2, 0) is 0 Å². The summed E-state index contributed by atoms with van der Waals surface area (Å²) >= 11 is 0. The molecule has 2 aromatic heterocycles. The highest BCUT2D eigenvalue weighted by molar-refractivity contribution is 6.31. The summed E-state index contributed by atoms with van der Waals surface area (Å²) in [6.07, 6.45) is 0. The first-order valence-electron chi connectivity index (χ1n) is 19.4. The summed E-state index contributed by atoms with van der Waals surface area (Å²) in [6, 6.07) is 75.7. The molecule has 0 amide bonds. The zero-order chi connectivity index (χ0) is 37.7. The van der Waals surface area contributed by atoms with Gasteiger partial charge in [-0.1, -0.05) is 182 Å². The molecule has 0 radical (unpaired) electrons. The Kier molecular flexibility index (Phi) is 7.82. The Labute approximate surface area is 330 Å². The fourth-order valence-corrected chi connectivity index (χ4v) is 8.59. The third-order valence-electron chi connectivity index (χ3n) is 11.2. The van der Waals surface area contributed by atoms with Gasteiger partial charge in [-0.15, -0.1) is 0 Å². The first-order chi connectivity index (χ1) is 28.3. The lowest BCUT2D eigenvalue weighted by Gasteiger charge is -2.14. The van der Waals surface area contributed by atoms with Crippen LogP contribution in [0.3, 0.4) is 0 Å². The summed E-state index contributed by atoms with van der Waals surface area (Å²) in [5.41, 5.74) is 13.0. The molecule has 9 aromatic carbocycles. The first kappa shape index (κ1) is 32.8. The second-order valence-electron chi connectivity index (χ2n) is 14.5. The van der Waals surface area contributed by atoms with Gasteiger partial charge >= 0.3 is 0 Å². The van der Waals surface area contributed by atoms with E-state index in [1.165, 1.54) is 54.6 Å². The van der Waals surface area contributed by atoms with E-state index in [4.69, 9.17) is 9.97 Å². The van der Waals surface area contributed by atoms with Crippen LogP contribution in [0.15, 0.2) is 212 Å². The smallest absolute Gasteiger partial charge is 0.160 e. The molecule has 0 aliphatic heterocycles. The molecule has 2 heterocycles. The van der Waals surface area contributed by atoms with E-state index >= 15 is 0 Å². The standard InChI is InChI=1S/C54H35N3/c1-5-18-36(19-6-1)46-33-50-52(44-30-15-13-28-42(44)46)53-45-31-16-14-29-43(45)47(37-20-7-2-8-21-37)34-51(53)57(50)41-27-17-26-40(32-41)54-55-48(38-22-9-3-10-23-38)35-49(56-54)39-24-11-4-12-25-39/h1-35H. The van der Waals surface area contributed by atoms with E-state index in [9.17, 15) is 0 Å². The highest BCUT2D eigenvalue weighted by atomic mass is 15.0. The molecule has 0 unspecified atom stereocenters. The molecule has 0 saturated heterocycles. The van der Waals surface area contributed by atoms with Gasteiger partial charge in [0.15, 0.2) is 5.82 Å². The van der Waals surface area contributed by atoms with Gasteiger partial charge in [-0.3, -0.25) is 0 Å². The fourth-order valence-electron chi connectivity index (χ4n) is 8.59. The minimum atomic E-state index is 0.684. The summed E-state index contributed by atoms with van der Waals surface area (Å²) in [4.78, 5) is 10.4. The summed E-state index contributed by atoms with van der Waals surface area (Å²) in [5, 5.41) is 7.43. The fraction of sp³-hybridized carbons (Fsp3) is 0. The maximum absolute atomic E-state index is 5.22. The Morgan fingerprint density at radius 1 is 0.298 bits per heavy atom. The van der Waals surface area contributed by atoms with E-state index < -0.39 is 0 Å². The molecule has 266 valence electrons. The zero-order valence-corrected chi connectivity index (χ0v) is 31.0. The van der Waals surface area contributed by atoms with Gasteiger partial charge < -0.3 is 4.57 Å². The van der Waals surface area contributed by atoms with Gasteiger partial charge in [-0.2, -0.15) is 0 Å². The van der Waals surface area contributed by atoms with E-state index in [0.717, 1.165) is 44.8 Å². The minimum absolute atomic E-state index is 0.684. The summed E-state index contributed by atoms with van der Waals surface area (Å²) in [5.74, 6) is 0.684. The van der Waals surface area contributed by atoms with Gasteiger partial charge in [0.2, 0.25) is 0 Å². The number of hydrogen-bond donors (Lipinski definition) is 0. The summed E-state index contributed by atoms with van der Waals surface area (Å²) in [6.45, 7) is 0. The molecule has 0 saturated carbocycles. The Balaban J connectivity index is 1.24. The molecule has 0 aliphatic rings. The largest absolute Gasteiger partial charge is 0.309 e. The Morgan fingerprint density at radius 3 is 1.14 bits per heavy atom. The summed E-state index contributed by atoms with van der Waals surface area (Å²) in [7, 11) is 0. The number of rotatable bonds is 6.